The summed E-state index contributed by atoms with van der Waals surface area (Å²) in [7, 11) is 0. The maximum atomic E-state index is 9.08. The number of nitrogens with zero attached hydrogens (tertiary/aromatic N) is 5. The number of hydrogen-bond donors (Lipinski definition) is 1. The van der Waals surface area contributed by atoms with Crippen molar-refractivity contribution >= 4 is 5.82 Å². The van der Waals surface area contributed by atoms with Crippen molar-refractivity contribution in [2.75, 3.05) is 5.32 Å². The fourth-order valence-corrected chi connectivity index (χ4v) is 3.47. The van der Waals surface area contributed by atoms with Crippen LogP contribution < -0.4 is 5.32 Å². The molecule has 0 aliphatic rings. The Morgan fingerprint density at radius 2 is 1.80 bits per heavy atom. The lowest BCUT2D eigenvalue weighted by Gasteiger charge is -2.10. The van der Waals surface area contributed by atoms with E-state index in [1.54, 1.807) is 18.6 Å². The van der Waals surface area contributed by atoms with Gasteiger partial charge in [0.2, 0.25) is 0 Å². The standard InChI is InChI=1S/C24H22N6/c1-3-30-21(14-23(29-30)19-6-9-26-10-7-19)16-28-24-13-20(8-11-27-24)22-5-4-18(15-25)12-17(22)2/h4-14H,3,16H2,1-2H3,(H,27,28). The minimum Gasteiger partial charge on any atom is -0.364 e. The molecule has 0 aliphatic carbocycles. The van der Waals surface area contributed by atoms with E-state index >= 15 is 0 Å². The SMILES string of the molecule is CCn1nc(-c2ccncc2)cc1CNc1cc(-c2ccc(C#N)cc2C)ccn1. The predicted octanol–water partition coefficient (Wildman–Crippen LogP) is 4.82. The highest BCUT2D eigenvalue weighted by Crippen LogP contribution is 2.26. The Labute approximate surface area is 175 Å². The number of anilines is 1. The zero-order valence-corrected chi connectivity index (χ0v) is 17.0. The van der Waals surface area contributed by atoms with Gasteiger partial charge in [-0.1, -0.05) is 6.07 Å². The van der Waals surface area contributed by atoms with E-state index in [0.717, 1.165) is 46.0 Å². The number of pyridine rings is 2. The lowest BCUT2D eigenvalue weighted by atomic mass is 9.99. The maximum Gasteiger partial charge on any atom is 0.126 e. The van der Waals surface area contributed by atoms with Crippen LogP contribution in [0.2, 0.25) is 0 Å². The molecule has 0 unspecified atom stereocenters. The summed E-state index contributed by atoms with van der Waals surface area (Å²) in [4.78, 5) is 8.54. The molecule has 1 N–H and O–H groups in total. The summed E-state index contributed by atoms with van der Waals surface area (Å²) in [6, 6.07) is 18.0. The fourth-order valence-electron chi connectivity index (χ4n) is 3.47. The molecule has 0 atom stereocenters. The molecule has 3 aromatic heterocycles. The topological polar surface area (TPSA) is 79.4 Å². The van der Waals surface area contributed by atoms with Gasteiger partial charge in [-0.2, -0.15) is 10.4 Å². The van der Waals surface area contributed by atoms with Crippen molar-refractivity contribution in [3.63, 3.8) is 0 Å². The Balaban J connectivity index is 1.54. The number of nitrogens with one attached hydrogen (secondary N) is 1. The van der Waals surface area contributed by atoms with Crippen molar-refractivity contribution in [2.45, 2.75) is 26.9 Å². The second-order valence-corrected chi connectivity index (χ2v) is 7.00. The second-order valence-electron chi connectivity index (χ2n) is 7.00. The average molecular weight is 394 g/mol. The van der Waals surface area contributed by atoms with E-state index in [0.29, 0.717) is 12.1 Å². The van der Waals surface area contributed by atoms with Gasteiger partial charge in [0.1, 0.15) is 5.82 Å². The van der Waals surface area contributed by atoms with Crippen LogP contribution in [0.25, 0.3) is 22.4 Å². The summed E-state index contributed by atoms with van der Waals surface area (Å²) in [6.07, 6.45) is 5.35. The summed E-state index contributed by atoms with van der Waals surface area (Å²) >= 11 is 0. The van der Waals surface area contributed by atoms with Gasteiger partial charge in [-0.05, 0) is 73.0 Å². The number of aryl methyl sites for hydroxylation is 2. The Kier molecular flexibility index (Phi) is 5.53. The Hall–Kier alpha value is -3.98. The minimum atomic E-state index is 0.620. The fraction of sp³-hybridized carbons (Fsp3) is 0.167. The van der Waals surface area contributed by atoms with Crippen LogP contribution in [0.15, 0.2) is 67.1 Å². The van der Waals surface area contributed by atoms with E-state index in [2.05, 4.69) is 34.3 Å². The molecule has 0 amide bonds. The van der Waals surface area contributed by atoms with Crippen LogP contribution in [0.3, 0.4) is 0 Å². The number of rotatable bonds is 6. The van der Waals surface area contributed by atoms with Crippen LogP contribution in [0.5, 0.6) is 0 Å². The average Bonchev–Trinajstić information content (AvgIpc) is 3.21. The molecule has 1 aromatic carbocycles. The molecule has 6 nitrogen and oxygen atoms in total. The number of hydrogen-bond acceptors (Lipinski definition) is 5. The first-order chi connectivity index (χ1) is 14.7. The van der Waals surface area contributed by atoms with Crippen molar-refractivity contribution in [1.82, 2.24) is 19.7 Å². The van der Waals surface area contributed by atoms with E-state index in [4.69, 9.17) is 10.4 Å². The van der Waals surface area contributed by atoms with Crippen LogP contribution in [0, 0.1) is 18.3 Å². The zero-order valence-electron chi connectivity index (χ0n) is 17.0. The van der Waals surface area contributed by atoms with Gasteiger partial charge in [-0.15, -0.1) is 0 Å². The molecule has 4 rings (SSSR count). The van der Waals surface area contributed by atoms with Gasteiger partial charge in [0.05, 0.1) is 29.6 Å². The van der Waals surface area contributed by atoms with Gasteiger partial charge in [-0.25, -0.2) is 4.98 Å². The number of nitriles is 1. The minimum absolute atomic E-state index is 0.620. The van der Waals surface area contributed by atoms with Gasteiger partial charge >= 0.3 is 0 Å². The first-order valence-electron chi connectivity index (χ1n) is 9.86. The molecule has 148 valence electrons. The molecule has 0 saturated carbocycles. The molecule has 0 spiro atoms. The number of benzene rings is 1. The lowest BCUT2D eigenvalue weighted by molar-refractivity contribution is 0.629. The van der Waals surface area contributed by atoms with E-state index in [-0.39, 0.29) is 0 Å². The maximum absolute atomic E-state index is 9.08. The first-order valence-corrected chi connectivity index (χ1v) is 9.86. The third kappa shape index (κ3) is 4.06. The highest BCUT2D eigenvalue weighted by atomic mass is 15.3. The summed E-state index contributed by atoms with van der Waals surface area (Å²) in [5.74, 6) is 0.797. The lowest BCUT2D eigenvalue weighted by Crippen LogP contribution is -2.08. The third-order valence-corrected chi connectivity index (χ3v) is 5.02. The van der Waals surface area contributed by atoms with Crippen molar-refractivity contribution in [3.8, 4) is 28.5 Å². The Morgan fingerprint density at radius 1 is 1.00 bits per heavy atom. The van der Waals surface area contributed by atoms with Gasteiger partial charge in [0.15, 0.2) is 0 Å². The predicted molar refractivity (Wildman–Crippen MR) is 118 cm³/mol. The molecule has 0 radical (unpaired) electrons. The van der Waals surface area contributed by atoms with Crippen LogP contribution in [0.4, 0.5) is 5.82 Å². The zero-order chi connectivity index (χ0) is 20.9. The van der Waals surface area contributed by atoms with E-state index in [1.165, 1.54) is 0 Å². The Bertz CT molecular complexity index is 1200. The molecular formula is C24H22N6. The van der Waals surface area contributed by atoms with E-state index in [9.17, 15) is 0 Å². The van der Waals surface area contributed by atoms with Gasteiger partial charge in [-0.3, -0.25) is 9.67 Å². The largest absolute Gasteiger partial charge is 0.364 e. The smallest absolute Gasteiger partial charge is 0.126 e. The van der Waals surface area contributed by atoms with Crippen molar-refractivity contribution in [3.05, 3.63) is 83.9 Å². The number of aromatic nitrogens is 4. The van der Waals surface area contributed by atoms with Gasteiger partial charge in [0.25, 0.3) is 0 Å². The molecule has 30 heavy (non-hydrogen) atoms. The molecule has 4 aromatic rings. The van der Waals surface area contributed by atoms with Crippen molar-refractivity contribution in [2.24, 2.45) is 0 Å². The normalized spacial score (nSPS) is 10.6. The summed E-state index contributed by atoms with van der Waals surface area (Å²) in [6.45, 7) is 5.51. The molecule has 3 heterocycles. The van der Waals surface area contributed by atoms with Crippen LogP contribution in [-0.4, -0.2) is 19.7 Å². The molecule has 0 bridgehead atoms. The highest BCUT2D eigenvalue weighted by Gasteiger charge is 2.10. The third-order valence-electron chi connectivity index (χ3n) is 5.02. The molecular weight excluding hydrogens is 372 g/mol. The highest BCUT2D eigenvalue weighted by molar-refractivity contribution is 5.70. The van der Waals surface area contributed by atoms with Gasteiger partial charge < -0.3 is 5.32 Å². The summed E-state index contributed by atoms with van der Waals surface area (Å²) in [5.41, 5.74) is 6.97. The van der Waals surface area contributed by atoms with E-state index in [1.807, 2.05) is 54.1 Å². The molecule has 0 fully saturated rings. The van der Waals surface area contributed by atoms with Crippen LogP contribution in [-0.2, 0) is 13.1 Å². The quantitative estimate of drug-likeness (QED) is 0.507. The second kappa shape index (κ2) is 8.58. The van der Waals surface area contributed by atoms with Crippen molar-refractivity contribution in [1.29, 1.82) is 5.26 Å². The van der Waals surface area contributed by atoms with E-state index < -0.39 is 0 Å². The first kappa shape index (κ1) is 19.3. The molecule has 6 heteroatoms. The Morgan fingerprint density at radius 3 is 2.53 bits per heavy atom. The summed E-state index contributed by atoms with van der Waals surface area (Å²) in [5, 5.41) is 17.2. The molecule has 0 saturated heterocycles. The summed E-state index contributed by atoms with van der Waals surface area (Å²) < 4.78 is 2.00. The van der Waals surface area contributed by atoms with Crippen molar-refractivity contribution < 1.29 is 0 Å². The van der Waals surface area contributed by atoms with Crippen LogP contribution >= 0.6 is 0 Å². The molecule has 0 aliphatic heterocycles. The van der Waals surface area contributed by atoms with Crippen LogP contribution in [0.1, 0.15) is 23.7 Å². The van der Waals surface area contributed by atoms with Gasteiger partial charge in [0, 0.05) is 30.7 Å². The monoisotopic (exact) mass is 394 g/mol.